The monoisotopic (exact) mass is 942 g/mol. The molecule has 356 valence electrons. The molecule has 8 atom stereocenters. The number of thiol groups is 2. The number of carbonyl (C=O) groups is 8. The van der Waals surface area contributed by atoms with Gasteiger partial charge in [-0.1, -0.05) is 44.2 Å². The van der Waals surface area contributed by atoms with E-state index in [-0.39, 0.29) is 43.1 Å². The second-order valence-corrected chi connectivity index (χ2v) is 16.6. The highest BCUT2D eigenvalue weighted by Gasteiger charge is 2.35. The minimum atomic E-state index is -1.44. The van der Waals surface area contributed by atoms with Gasteiger partial charge in [0.15, 0.2) is 0 Å². The number of ether oxygens (including phenoxy) is 1. The number of nitrogens with two attached hydrogens (primary N) is 3. The molecule has 0 unspecified atom stereocenters. The van der Waals surface area contributed by atoms with Gasteiger partial charge in [-0.15, -0.1) is 0 Å². The SMILES string of the molecule is CC(=O)O[C@H](C)[C@H](NC(=O)[C@H](CS)NC(=O)[C@@H](NC(=O)[C@H](CCCCN)NC(=O)[C@@H](Cc1c[nH]c2ccccc12)NC(=O)[C@H](Cc1ccc(O)cc1)NC(=O)[C@@H](N)CS)C(C)C)C(N)=O. The minimum Gasteiger partial charge on any atom is -0.508 e. The number of amides is 7. The number of aromatic hydroxyl groups is 1. The Labute approximate surface area is 388 Å². The molecule has 0 aliphatic rings. The third-order valence-corrected chi connectivity index (χ3v) is 11.1. The molecule has 3 rings (SSSR count). The van der Waals surface area contributed by atoms with Crippen LogP contribution in [0, 0.1) is 5.92 Å². The van der Waals surface area contributed by atoms with E-state index < -0.39 is 102 Å². The molecule has 20 nitrogen and oxygen atoms in total. The van der Waals surface area contributed by atoms with Gasteiger partial charge in [-0.05, 0) is 68.0 Å². The second kappa shape index (κ2) is 26.2. The lowest BCUT2D eigenvalue weighted by atomic mass is 10.00. The van der Waals surface area contributed by atoms with Crippen LogP contribution in [-0.2, 0) is 55.9 Å². The summed E-state index contributed by atoms with van der Waals surface area (Å²) in [5, 5.41) is 26.4. The molecule has 1 heterocycles. The number of hydrogen-bond donors (Lipinski definition) is 13. The zero-order valence-electron chi connectivity index (χ0n) is 36.8. The Kier molecular flexibility index (Phi) is 21.6. The molecule has 0 aliphatic carbocycles. The van der Waals surface area contributed by atoms with Crippen molar-refractivity contribution < 1.29 is 48.2 Å². The summed E-state index contributed by atoms with van der Waals surface area (Å²) in [7, 11) is 0. The standard InChI is InChI=1S/C43H62N10O10S2/c1-22(2)35(43(62)51-34(21-65)42(61)53-36(37(46)56)23(3)63-24(4)54)52-39(58)31(11-7-8-16-44)48-41(60)33(18-26-19-47-30-10-6-5-9-28(26)30)50-40(59)32(49-38(57)29(45)20-64)17-25-12-14-27(55)15-13-25/h5-6,9-10,12-15,19,22-23,29,31-36,47,55,64-65H,7-8,11,16-18,20-21,44-45H2,1-4H3,(H2,46,56)(H,48,60)(H,49,57)(H,50,59)(H,51,62)(H,52,58)(H,53,61)/t23-,29+,31+,32+,33-,34+,35+,36+/m1/s1. The second-order valence-electron chi connectivity index (χ2n) is 15.9. The number of carbonyl (C=O) groups excluding carboxylic acids is 8. The molecule has 3 aromatic rings. The number of phenols is 1. The number of rotatable bonds is 26. The molecule has 0 fully saturated rings. The maximum Gasteiger partial charge on any atom is 0.302 e. The molecule has 22 heteroatoms. The molecule has 0 saturated carbocycles. The number of benzene rings is 2. The zero-order chi connectivity index (χ0) is 48.4. The number of aromatic amines is 1. The van der Waals surface area contributed by atoms with Crippen LogP contribution in [0.4, 0.5) is 0 Å². The average Bonchev–Trinajstić information content (AvgIpc) is 3.67. The Balaban J connectivity index is 1.92. The summed E-state index contributed by atoms with van der Waals surface area (Å²) in [6.45, 7) is 6.06. The van der Waals surface area contributed by atoms with Crippen LogP contribution in [0.1, 0.15) is 58.1 Å². The van der Waals surface area contributed by atoms with E-state index in [2.05, 4.69) is 62.1 Å². The lowest BCUT2D eigenvalue weighted by Gasteiger charge is -2.29. The van der Waals surface area contributed by atoms with E-state index >= 15 is 0 Å². The van der Waals surface area contributed by atoms with Gasteiger partial charge in [0.25, 0.3) is 0 Å². The van der Waals surface area contributed by atoms with Crippen molar-refractivity contribution in [2.75, 3.05) is 18.1 Å². The predicted molar refractivity (Wildman–Crippen MR) is 249 cm³/mol. The van der Waals surface area contributed by atoms with E-state index in [4.69, 9.17) is 21.9 Å². The van der Waals surface area contributed by atoms with Crippen molar-refractivity contribution in [3.05, 3.63) is 65.9 Å². The van der Waals surface area contributed by atoms with E-state index in [0.717, 1.165) is 17.8 Å². The van der Waals surface area contributed by atoms with Gasteiger partial charge in [-0.3, -0.25) is 38.4 Å². The fourth-order valence-electron chi connectivity index (χ4n) is 6.72. The van der Waals surface area contributed by atoms with Crippen LogP contribution in [-0.4, -0.2) is 124 Å². The number of hydrogen-bond acceptors (Lipinski definition) is 14. The van der Waals surface area contributed by atoms with Gasteiger partial charge in [0, 0.05) is 48.4 Å². The van der Waals surface area contributed by atoms with E-state index in [1.54, 1.807) is 32.2 Å². The Morgan fingerprint density at radius 2 is 1.25 bits per heavy atom. The topological polar surface area (TPSA) is 332 Å². The zero-order valence-corrected chi connectivity index (χ0v) is 38.6. The van der Waals surface area contributed by atoms with Crippen LogP contribution >= 0.6 is 25.3 Å². The normalized spacial score (nSPS) is 14.9. The summed E-state index contributed by atoms with van der Waals surface area (Å²) in [5.41, 5.74) is 19.1. The molecular formula is C43H62N10O10S2. The van der Waals surface area contributed by atoms with Crippen molar-refractivity contribution in [2.45, 2.75) is 108 Å². The van der Waals surface area contributed by atoms with Crippen LogP contribution in [0.3, 0.4) is 0 Å². The number of aromatic nitrogens is 1. The number of fused-ring (bicyclic) bond motifs is 1. The van der Waals surface area contributed by atoms with Gasteiger partial charge in [0.1, 0.15) is 48.1 Å². The molecule has 0 aliphatic heterocycles. The Morgan fingerprint density at radius 1 is 0.692 bits per heavy atom. The Bertz CT molecular complexity index is 2120. The number of phenolic OH excluding ortho intramolecular Hbond substituents is 1. The molecule has 7 amide bonds. The van der Waals surface area contributed by atoms with E-state index in [0.29, 0.717) is 24.0 Å². The van der Waals surface area contributed by atoms with Crippen molar-refractivity contribution in [1.29, 1.82) is 0 Å². The smallest absolute Gasteiger partial charge is 0.302 e. The van der Waals surface area contributed by atoms with Crippen LogP contribution in [0.2, 0.25) is 0 Å². The molecule has 0 spiro atoms. The predicted octanol–water partition coefficient (Wildman–Crippen LogP) is -1.02. The van der Waals surface area contributed by atoms with Crippen molar-refractivity contribution >= 4 is 83.5 Å². The maximum atomic E-state index is 14.5. The number of H-pyrrole nitrogens is 1. The van der Waals surface area contributed by atoms with Crippen molar-refractivity contribution in [3.8, 4) is 5.75 Å². The molecule has 0 bridgehead atoms. The molecule has 1 aromatic heterocycles. The van der Waals surface area contributed by atoms with Gasteiger partial charge >= 0.3 is 5.97 Å². The first kappa shape index (κ1) is 53.5. The molecule has 2 aromatic carbocycles. The minimum absolute atomic E-state index is 0.00926. The number of para-hydroxylation sites is 1. The number of esters is 1. The summed E-state index contributed by atoms with van der Waals surface area (Å²) in [4.78, 5) is 110. The van der Waals surface area contributed by atoms with E-state index in [1.807, 2.05) is 24.3 Å². The number of nitrogens with one attached hydrogen (secondary N) is 7. The van der Waals surface area contributed by atoms with Gasteiger partial charge in [0.05, 0.1) is 6.04 Å². The summed E-state index contributed by atoms with van der Waals surface area (Å²) >= 11 is 8.29. The summed E-state index contributed by atoms with van der Waals surface area (Å²) < 4.78 is 5.01. The average molecular weight is 943 g/mol. The highest BCUT2D eigenvalue weighted by atomic mass is 32.1. The van der Waals surface area contributed by atoms with Crippen LogP contribution < -0.4 is 49.1 Å². The first-order chi connectivity index (χ1) is 30.8. The Morgan fingerprint density at radius 3 is 1.83 bits per heavy atom. The van der Waals surface area contributed by atoms with Gasteiger partial charge in [-0.25, -0.2) is 0 Å². The summed E-state index contributed by atoms with van der Waals surface area (Å²) in [5.74, 6) is -7.12. The summed E-state index contributed by atoms with van der Waals surface area (Å²) in [6, 6.07) is 4.43. The van der Waals surface area contributed by atoms with Crippen molar-refractivity contribution in [1.82, 2.24) is 36.9 Å². The number of unbranched alkanes of at least 4 members (excludes halogenated alkanes) is 1. The van der Waals surface area contributed by atoms with Gasteiger partial charge < -0.3 is 63.9 Å². The van der Waals surface area contributed by atoms with Crippen LogP contribution in [0.5, 0.6) is 5.75 Å². The number of primary amides is 1. The first-order valence-electron chi connectivity index (χ1n) is 21.1. The fourth-order valence-corrected chi connectivity index (χ4v) is 7.15. The summed E-state index contributed by atoms with van der Waals surface area (Å²) in [6.07, 6.45) is 1.40. The third-order valence-electron chi connectivity index (χ3n) is 10.3. The first-order valence-corrected chi connectivity index (χ1v) is 22.3. The lowest BCUT2D eigenvalue weighted by Crippen LogP contribution is -2.61. The third kappa shape index (κ3) is 16.6. The molecule has 65 heavy (non-hydrogen) atoms. The lowest BCUT2D eigenvalue weighted by molar-refractivity contribution is -0.149. The van der Waals surface area contributed by atoms with E-state index in [1.165, 1.54) is 19.1 Å². The van der Waals surface area contributed by atoms with Crippen molar-refractivity contribution in [2.24, 2.45) is 23.1 Å². The van der Waals surface area contributed by atoms with Crippen LogP contribution in [0.15, 0.2) is 54.7 Å². The molecule has 14 N–H and O–H groups in total. The molecule has 0 radical (unpaired) electrons. The van der Waals surface area contributed by atoms with Crippen LogP contribution in [0.25, 0.3) is 10.9 Å². The highest BCUT2D eigenvalue weighted by molar-refractivity contribution is 7.80. The fraction of sp³-hybridized carbons (Fsp3) is 0.488. The Hall–Kier alpha value is -5.84. The van der Waals surface area contributed by atoms with Gasteiger partial charge in [0.2, 0.25) is 41.4 Å². The quantitative estimate of drug-likeness (QED) is 0.0261. The molecule has 0 saturated heterocycles. The van der Waals surface area contributed by atoms with E-state index in [9.17, 15) is 43.5 Å². The molecular weight excluding hydrogens is 881 g/mol. The largest absolute Gasteiger partial charge is 0.508 e. The highest BCUT2D eigenvalue weighted by Crippen LogP contribution is 2.20. The van der Waals surface area contributed by atoms with Gasteiger partial charge in [-0.2, -0.15) is 25.3 Å². The maximum absolute atomic E-state index is 14.5. The van der Waals surface area contributed by atoms with Crippen molar-refractivity contribution in [3.63, 3.8) is 0 Å².